The minimum Gasteiger partial charge on any atom is -0.504 e. The van der Waals surface area contributed by atoms with Gasteiger partial charge in [-0.15, -0.1) is 0 Å². The summed E-state index contributed by atoms with van der Waals surface area (Å²) in [6.45, 7) is 6.48. The Labute approximate surface area is 217 Å². The molecule has 0 radical (unpaired) electrons. The van der Waals surface area contributed by atoms with E-state index in [2.05, 4.69) is 92.8 Å². The highest BCUT2D eigenvalue weighted by molar-refractivity contribution is 6.02. The van der Waals surface area contributed by atoms with E-state index in [4.69, 9.17) is 9.47 Å². The van der Waals surface area contributed by atoms with Gasteiger partial charge < -0.3 is 19.9 Å². The smallest absolute Gasteiger partial charge is 0.172 e. The van der Waals surface area contributed by atoms with Crippen molar-refractivity contribution >= 4 is 23.1 Å². The van der Waals surface area contributed by atoms with E-state index in [9.17, 15) is 5.11 Å². The zero-order valence-corrected chi connectivity index (χ0v) is 21.4. The van der Waals surface area contributed by atoms with Gasteiger partial charge >= 0.3 is 0 Å². The average Bonchev–Trinajstić information content (AvgIpc) is 2.88. The lowest BCUT2D eigenvalue weighted by Gasteiger charge is -2.35. The van der Waals surface area contributed by atoms with Gasteiger partial charge in [-0.2, -0.15) is 0 Å². The molecule has 0 atom stereocenters. The molecule has 4 nitrogen and oxygen atoms in total. The first-order valence-electron chi connectivity index (χ1n) is 12.5. The maximum absolute atomic E-state index is 10.6. The number of phenolic OH excluding ortho intramolecular Hbond substituents is 1. The highest BCUT2D eigenvalue weighted by Gasteiger charge is 2.33. The molecule has 0 aliphatic carbocycles. The molecule has 2 heterocycles. The van der Waals surface area contributed by atoms with Crippen LogP contribution >= 0.6 is 0 Å². The number of benzene rings is 4. The number of hydrogen-bond donors (Lipinski definition) is 2. The number of nitrogens with one attached hydrogen (secondary N) is 1. The van der Waals surface area contributed by atoms with Crippen molar-refractivity contribution in [2.24, 2.45) is 0 Å². The second-order valence-electron chi connectivity index (χ2n) is 10.1. The van der Waals surface area contributed by atoms with Crippen LogP contribution in [0.15, 0.2) is 84.9 Å². The summed E-state index contributed by atoms with van der Waals surface area (Å²) in [6.07, 6.45) is 4.37. The Morgan fingerprint density at radius 1 is 0.838 bits per heavy atom. The van der Waals surface area contributed by atoms with Crippen molar-refractivity contribution in [3.05, 3.63) is 102 Å². The molecule has 0 saturated carbocycles. The standard InChI is InChI=1S/C33H29NO3/c1-20-19-33(2,3)34-25-15-14-24-30(29(20)25)28(37-27-17-16-26(35)32(36-4)31(24)27)18-22-12-8-9-13-23(22)21-10-6-5-7-11-21/h5-19,34-35H,1-4H3/b28-18-. The second-order valence-corrected chi connectivity index (χ2v) is 10.1. The van der Waals surface area contributed by atoms with Crippen molar-refractivity contribution < 1.29 is 14.6 Å². The van der Waals surface area contributed by atoms with Crippen molar-refractivity contribution in [1.29, 1.82) is 0 Å². The second kappa shape index (κ2) is 8.59. The molecule has 6 rings (SSSR count). The van der Waals surface area contributed by atoms with Gasteiger partial charge in [0.1, 0.15) is 11.5 Å². The molecule has 0 amide bonds. The van der Waals surface area contributed by atoms with Gasteiger partial charge in [-0.1, -0.05) is 66.7 Å². The topological polar surface area (TPSA) is 50.7 Å². The van der Waals surface area contributed by atoms with Crippen LogP contribution in [0.25, 0.3) is 39.7 Å². The summed E-state index contributed by atoms with van der Waals surface area (Å²) in [6, 6.07) is 26.4. The molecule has 37 heavy (non-hydrogen) atoms. The third-order valence-corrected chi connectivity index (χ3v) is 7.00. The van der Waals surface area contributed by atoms with E-state index in [0.717, 1.165) is 50.4 Å². The molecule has 0 spiro atoms. The number of fused-ring (bicyclic) bond motifs is 5. The van der Waals surface area contributed by atoms with Crippen LogP contribution in [0.3, 0.4) is 0 Å². The molecule has 2 aliphatic rings. The Morgan fingerprint density at radius 3 is 2.38 bits per heavy atom. The Morgan fingerprint density at radius 2 is 1.59 bits per heavy atom. The summed E-state index contributed by atoms with van der Waals surface area (Å²) in [5, 5.41) is 14.3. The van der Waals surface area contributed by atoms with Crippen LogP contribution in [0.1, 0.15) is 37.5 Å². The van der Waals surface area contributed by atoms with Gasteiger partial charge in [0.2, 0.25) is 0 Å². The summed E-state index contributed by atoms with van der Waals surface area (Å²) in [4.78, 5) is 0. The lowest BCUT2D eigenvalue weighted by molar-refractivity contribution is 0.371. The average molecular weight is 488 g/mol. The van der Waals surface area contributed by atoms with Crippen LogP contribution in [0.5, 0.6) is 17.2 Å². The summed E-state index contributed by atoms with van der Waals surface area (Å²) >= 11 is 0. The predicted octanol–water partition coefficient (Wildman–Crippen LogP) is 8.23. The first kappa shape index (κ1) is 23.0. The van der Waals surface area contributed by atoms with Gasteiger partial charge in [-0.05, 0) is 67.3 Å². The lowest BCUT2D eigenvalue weighted by atomic mass is 9.82. The van der Waals surface area contributed by atoms with Crippen LogP contribution in [0.4, 0.5) is 5.69 Å². The normalized spacial score (nSPS) is 16.0. The maximum Gasteiger partial charge on any atom is 0.172 e. The van der Waals surface area contributed by atoms with Crippen LogP contribution in [0.2, 0.25) is 0 Å². The molecule has 0 saturated heterocycles. The molecule has 4 aromatic rings. The van der Waals surface area contributed by atoms with Gasteiger partial charge in [0, 0.05) is 22.4 Å². The summed E-state index contributed by atoms with van der Waals surface area (Å²) < 4.78 is 12.3. The Hall–Kier alpha value is -4.44. The number of allylic oxidation sites excluding steroid dienone is 1. The number of methoxy groups -OCH3 is 1. The molecule has 4 heteroatoms. The van der Waals surface area contributed by atoms with E-state index in [0.29, 0.717) is 11.5 Å². The molecular weight excluding hydrogens is 458 g/mol. The van der Waals surface area contributed by atoms with Crippen LogP contribution in [0, 0.1) is 0 Å². The molecule has 4 aromatic carbocycles. The van der Waals surface area contributed by atoms with Crippen molar-refractivity contribution in [2.75, 3.05) is 12.4 Å². The third kappa shape index (κ3) is 3.86. The Bertz CT molecular complexity index is 1600. The lowest BCUT2D eigenvalue weighted by Crippen LogP contribution is -2.32. The van der Waals surface area contributed by atoms with Gasteiger partial charge in [-0.25, -0.2) is 0 Å². The number of aromatic hydroxyl groups is 1. The highest BCUT2D eigenvalue weighted by Crippen LogP contribution is 2.54. The number of ether oxygens (including phenoxy) is 2. The zero-order chi connectivity index (χ0) is 25.7. The van der Waals surface area contributed by atoms with Crippen LogP contribution in [-0.2, 0) is 0 Å². The van der Waals surface area contributed by atoms with Crippen molar-refractivity contribution in [1.82, 2.24) is 0 Å². The van der Waals surface area contributed by atoms with E-state index >= 15 is 0 Å². The molecule has 0 fully saturated rings. The van der Waals surface area contributed by atoms with E-state index < -0.39 is 0 Å². The van der Waals surface area contributed by atoms with Gasteiger partial charge in [0.25, 0.3) is 0 Å². The predicted molar refractivity (Wildman–Crippen MR) is 152 cm³/mol. The van der Waals surface area contributed by atoms with Crippen molar-refractivity contribution in [3.8, 4) is 39.5 Å². The summed E-state index contributed by atoms with van der Waals surface area (Å²) in [5.74, 6) is 1.90. The van der Waals surface area contributed by atoms with E-state index in [1.807, 2.05) is 12.1 Å². The fourth-order valence-electron chi connectivity index (χ4n) is 5.59. The fourth-order valence-corrected chi connectivity index (χ4v) is 5.59. The Balaban J connectivity index is 1.65. The van der Waals surface area contributed by atoms with Crippen molar-refractivity contribution in [3.63, 3.8) is 0 Å². The van der Waals surface area contributed by atoms with Gasteiger partial charge in [0.15, 0.2) is 11.5 Å². The van der Waals surface area contributed by atoms with E-state index in [1.165, 1.54) is 5.57 Å². The maximum atomic E-state index is 10.6. The fraction of sp³-hybridized carbons (Fsp3) is 0.152. The number of anilines is 1. The summed E-state index contributed by atoms with van der Waals surface area (Å²) in [7, 11) is 1.57. The molecule has 2 aliphatic heterocycles. The molecule has 2 N–H and O–H groups in total. The highest BCUT2D eigenvalue weighted by atomic mass is 16.5. The first-order valence-corrected chi connectivity index (χ1v) is 12.5. The largest absolute Gasteiger partial charge is 0.504 e. The third-order valence-electron chi connectivity index (χ3n) is 7.00. The van der Waals surface area contributed by atoms with Crippen LogP contribution in [-0.4, -0.2) is 17.8 Å². The molecular formula is C33H29NO3. The SMILES string of the molecule is COc1c(O)ccc2c1-c1ccc3c(c1/C(=C/c1ccccc1-c1ccccc1)O2)C(C)=CC(C)(C)N3. The molecule has 0 aromatic heterocycles. The molecule has 0 unspecified atom stereocenters. The minimum absolute atomic E-state index is 0.0851. The molecule has 184 valence electrons. The number of phenols is 1. The summed E-state index contributed by atoms with van der Waals surface area (Å²) in [5.41, 5.74) is 9.19. The monoisotopic (exact) mass is 487 g/mol. The Kier molecular flexibility index (Phi) is 5.34. The van der Waals surface area contributed by atoms with Crippen LogP contribution < -0.4 is 14.8 Å². The van der Waals surface area contributed by atoms with Crippen molar-refractivity contribution in [2.45, 2.75) is 26.3 Å². The van der Waals surface area contributed by atoms with Gasteiger partial charge in [0.05, 0.1) is 18.2 Å². The minimum atomic E-state index is -0.168. The number of rotatable bonds is 3. The van der Waals surface area contributed by atoms with E-state index in [1.54, 1.807) is 19.2 Å². The van der Waals surface area contributed by atoms with E-state index in [-0.39, 0.29) is 11.3 Å². The molecule has 0 bridgehead atoms. The van der Waals surface area contributed by atoms with Gasteiger partial charge in [-0.3, -0.25) is 0 Å². The quantitative estimate of drug-likeness (QED) is 0.306. The zero-order valence-electron chi connectivity index (χ0n) is 21.4. The first-order chi connectivity index (χ1) is 17.9. The number of hydrogen-bond acceptors (Lipinski definition) is 4.